The lowest BCUT2D eigenvalue weighted by molar-refractivity contribution is 0.00305. The largest absolute Gasteiger partial charge is 0.370 e. The van der Waals surface area contributed by atoms with Crippen LogP contribution < -0.4 is 0 Å². The third-order valence-corrected chi connectivity index (χ3v) is 6.97. The van der Waals surface area contributed by atoms with Gasteiger partial charge in [-0.1, -0.05) is 43.1 Å². The van der Waals surface area contributed by atoms with Gasteiger partial charge in [-0.15, -0.1) is 0 Å². The van der Waals surface area contributed by atoms with Gasteiger partial charge in [0.1, 0.15) is 18.2 Å². The van der Waals surface area contributed by atoms with Crippen molar-refractivity contribution in [1.82, 2.24) is 14.5 Å². The van der Waals surface area contributed by atoms with Crippen molar-refractivity contribution in [3.8, 4) is 11.9 Å². The van der Waals surface area contributed by atoms with Gasteiger partial charge in [-0.3, -0.25) is 4.57 Å². The molecular formula is C25H25Cl2FN4O. The maximum absolute atomic E-state index is 13.7. The summed E-state index contributed by atoms with van der Waals surface area (Å²) in [6, 6.07) is 12.0. The Bertz CT molecular complexity index is 1160. The van der Waals surface area contributed by atoms with Crippen LogP contribution in [0.25, 0.3) is 5.69 Å². The lowest BCUT2D eigenvalue weighted by atomic mass is 9.81. The molecule has 0 bridgehead atoms. The van der Waals surface area contributed by atoms with Crippen molar-refractivity contribution in [2.45, 2.75) is 44.8 Å². The molecule has 1 aromatic heterocycles. The van der Waals surface area contributed by atoms with Gasteiger partial charge >= 0.3 is 0 Å². The first kappa shape index (κ1) is 23.6. The van der Waals surface area contributed by atoms with Crippen molar-refractivity contribution in [3.05, 3.63) is 81.6 Å². The van der Waals surface area contributed by atoms with E-state index in [1.807, 2.05) is 22.9 Å². The SMILES string of the molecule is CC(C)(c1ccc(Cl)c(Cl)c1)c1cnc(COC2CCN(C#N)CC2)n1-c1ccc(F)cc1. The van der Waals surface area contributed by atoms with Crippen molar-refractivity contribution >= 4 is 23.2 Å². The molecule has 1 fully saturated rings. The van der Waals surface area contributed by atoms with Crippen LogP contribution in [0, 0.1) is 17.3 Å². The molecule has 0 saturated carbocycles. The van der Waals surface area contributed by atoms with Crippen molar-refractivity contribution in [3.63, 3.8) is 0 Å². The van der Waals surface area contributed by atoms with Gasteiger partial charge in [0, 0.05) is 30.4 Å². The summed E-state index contributed by atoms with van der Waals surface area (Å²) in [6.45, 7) is 5.89. The number of halogens is 3. The molecule has 3 aromatic rings. The maximum atomic E-state index is 13.7. The second-order valence-electron chi connectivity index (χ2n) is 8.72. The van der Waals surface area contributed by atoms with Crippen LogP contribution in [0.1, 0.15) is 43.8 Å². The summed E-state index contributed by atoms with van der Waals surface area (Å²) in [5.74, 6) is 0.429. The van der Waals surface area contributed by atoms with Crippen molar-refractivity contribution in [2.24, 2.45) is 0 Å². The summed E-state index contributed by atoms with van der Waals surface area (Å²) in [7, 11) is 0. The minimum Gasteiger partial charge on any atom is -0.370 e. The molecule has 8 heteroatoms. The molecule has 2 aromatic carbocycles. The average molecular weight is 487 g/mol. The summed E-state index contributed by atoms with van der Waals surface area (Å²) in [5, 5.41) is 10.0. The van der Waals surface area contributed by atoms with Gasteiger partial charge in [0.2, 0.25) is 0 Å². The minimum atomic E-state index is -0.466. The number of nitriles is 1. The van der Waals surface area contributed by atoms with Gasteiger partial charge in [0.15, 0.2) is 6.19 Å². The molecule has 172 valence electrons. The molecule has 0 atom stereocenters. The number of piperidine rings is 1. The molecule has 5 nitrogen and oxygen atoms in total. The highest BCUT2D eigenvalue weighted by atomic mass is 35.5. The van der Waals surface area contributed by atoms with Crippen LogP contribution >= 0.6 is 23.2 Å². The first-order valence-electron chi connectivity index (χ1n) is 10.8. The Balaban J connectivity index is 1.67. The normalized spacial score (nSPS) is 15.0. The van der Waals surface area contributed by atoms with E-state index in [1.54, 1.807) is 23.1 Å². The molecule has 4 rings (SSSR count). The van der Waals surface area contributed by atoms with Crippen LogP contribution in [-0.2, 0) is 16.8 Å². The lowest BCUT2D eigenvalue weighted by Gasteiger charge is -2.29. The quantitative estimate of drug-likeness (QED) is 0.394. The van der Waals surface area contributed by atoms with E-state index in [2.05, 4.69) is 25.0 Å². The smallest absolute Gasteiger partial charge is 0.179 e. The average Bonchev–Trinajstić information content (AvgIpc) is 3.25. The molecule has 0 spiro atoms. The number of ether oxygens (including phenoxy) is 1. The molecular weight excluding hydrogens is 462 g/mol. The zero-order chi connectivity index (χ0) is 23.6. The Hall–Kier alpha value is -2.59. The van der Waals surface area contributed by atoms with Gasteiger partial charge < -0.3 is 9.64 Å². The highest BCUT2D eigenvalue weighted by Crippen LogP contribution is 2.36. The van der Waals surface area contributed by atoms with E-state index >= 15 is 0 Å². The minimum absolute atomic E-state index is 0.0690. The lowest BCUT2D eigenvalue weighted by Crippen LogP contribution is -2.34. The second kappa shape index (κ2) is 9.72. The summed E-state index contributed by atoms with van der Waals surface area (Å²) in [5.41, 5.74) is 2.24. The highest BCUT2D eigenvalue weighted by molar-refractivity contribution is 6.42. The standard InChI is InChI=1S/C25H25Cl2FN4O/c1-25(2,17-3-8-21(26)22(27)13-17)23-14-30-24(32(23)19-6-4-18(28)5-7-19)15-33-20-9-11-31(16-29)12-10-20/h3-8,13-14,20H,9-12,15H2,1-2H3. The molecule has 0 radical (unpaired) electrons. The number of likely N-dealkylation sites (tertiary alicyclic amines) is 1. The number of nitrogens with zero attached hydrogens (tertiary/aromatic N) is 4. The highest BCUT2D eigenvalue weighted by Gasteiger charge is 2.30. The predicted molar refractivity (Wildman–Crippen MR) is 127 cm³/mol. The number of aromatic nitrogens is 2. The Morgan fingerprint density at radius 3 is 2.45 bits per heavy atom. The molecule has 1 saturated heterocycles. The summed E-state index contributed by atoms with van der Waals surface area (Å²) in [6.07, 6.45) is 5.69. The number of rotatable bonds is 6. The third-order valence-electron chi connectivity index (χ3n) is 6.23. The zero-order valence-corrected chi connectivity index (χ0v) is 20.1. The zero-order valence-electron chi connectivity index (χ0n) is 18.6. The van der Waals surface area contributed by atoms with E-state index in [-0.39, 0.29) is 11.9 Å². The van der Waals surface area contributed by atoms with E-state index in [0.717, 1.165) is 35.6 Å². The molecule has 0 amide bonds. The number of hydrogen-bond donors (Lipinski definition) is 0. The Morgan fingerprint density at radius 1 is 1.12 bits per heavy atom. The fraction of sp³-hybridized carbons (Fsp3) is 0.360. The van der Waals surface area contributed by atoms with Gasteiger partial charge in [-0.2, -0.15) is 5.26 Å². The van der Waals surface area contributed by atoms with Crippen LogP contribution in [0.15, 0.2) is 48.7 Å². The van der Waals surface area contributed by atoms with E-state index in [9.17, 15) is 4.39 Å². The predicted octanol–water partition coefficient (Wildman–Crippen LogP) is 6.11. The topological polar surface area (TPSA) is 54.1 Å². The number of imidazole rings is 1. The van der Waals surface area contributed by atoms with E-state index in [1.165, 1.54) is 12.1 Å². The van der Waals surface area contributed by atoms with Crippen LogP contribution in [0.3, 0.4) is 0 Å². The van der Waals surface area contributed by atoms with Crippen LogP contribution in [0.5, 0.6) is 0 Å². The van der Waals surface area contributed by atoms with Crippen LogP contribution in [0.2, 0.25) is 10.0 Å². The van der Waals surface area contributed by atoms with Gasteiger partial charge in [-0.05, 0) is 54.8 Å². The fourth-order valence-electron chi connectivity index (χ4n) is 4.16. The molecule has 1 aliphatic rings. The molecule has 0 N–H and O–H groups in total. The summed E-state index contributed by atoms with van der Waals surface area (Å²) < 4.78 is 21.9. The van der Waals surface area contributed by atoms with Gasteiger partial charge in [0.05, 0.1) is 21.8 Å². The van der Waals surface area contributed by atoms with E-state index < -0.39 is 5.41 Å². The molecule has 33 heavy (non-hydrogen) atoms. The Kier molecular flexibility index (Phi) is 6.94. The maximum Gasteiger partial charge on any atom is 0.179 e. The Morgan fingerprint density at radius 2 is 1.82 bits per heavy atom. The van der Waals surface area contributed by atoms with Gasteiger partial charge in [-0.25, -0.2) is 9.37 Å². The Labute approximate surface area is 203 Å². The molecule has 2 heterocycles. The summed E-state index contributed by atoms with van der Waals surface area (Å²) >= 11 is 12.4. The van der Waals surface area contributed by atoms with Crippen molar-refractivity contribution < 1.29 is 9.13 Å². The molecule has 0 aliphatic carbocycles. The third kappa shape index (κ3) is 5.01. The number of hydrogen-bond acceptors (Lipinski definition) is 4. The number of benzene rings is 2. The summed E-state index contributed by atoms with van der Waals surface area (Å²) in [4.78, 5) is 6.43. The fourth-order valence-corrected chi connectivity index (χ4v) is 4.46. The van der Waals surface area contributed by atoms with E-state index in [4.69, 9.17) is 33.2 Å². The molecule has 1 aliphatic heterocycles. The van der Waals surface area contributed by atoms with E-state index in [0.29, 0.717) is 29.7 Å². The van der Waals surface area contributed by atoms with Crippen molar-refractivity contribution in [2.75, 3.05) is 13.1 Å². The first-order valence-corrected chi connectivity index (χ1v) is 11.6. The van der Waals surface area contributed by atoms with Crippen LogP contribution in [0.4, 0.5) is 4.39 Å². The second-order valence-corrected chi connectivity index (χ2v) is 9.54. The molecule has 0 unspecified atom stereocenters. The van der Waals surface area contributed by atoms with Crippen LogP contribution in [-0.4, -0.2) is 33.6 Å². The first-order chi connectivity index (χ1) is 15.8. The van der Waals surface area contributed by atoms with Gasteiger partial charge in [0.25, 0.3) is 0 Å². The van der Waals surface area contributed by atoms with Crippen molar-refractivity contribution in [1.29, 1.82) is 5.26 Å². The monoisotopic (exact) mass is 486 g/mol.